The van der Waals surface area contributed by atoms with Crippen LogP contribution in [0.25, 0.3) is 0 Å². The fourth-order valence-electron chi connectivity index (χ4n) is 2.15. The lowest BCUT2D eigenvalue weighted by Crippen LogP contribution is -2.53. The maximum absolute atomic E-state index is 12.0. The van der Waals surface area contributed by atoms with E-state index in [4.69, 9.17) is 16.3 Å². The number of methoxy groups -OCH3 is 1. The first-order valence-electron chi connectivity index (χ1n) is 6.98. The van der Waals surface area contributed by atoms with E-state index in [-0.39, 0.29) is 12.0 Å². The highest BCUT2D eigenvalue weighted by Crippen LogP contribution is 2.22. The van der Waals surface area contributed by atoms with Gasteiger partial charge in [0.1, 0.15) is 5.54 Å². The summed E-state index contributed by atoms with van der Waals surface area (Å²) in [7, 11) is 1.43. The lowest BCUT2D eigenvalue weighted by molar-refractivity contribution is -0.148. The van der Waals surface area contributed by atoms with Crippen LogP contribution in [-0.4, -0.2) is 35.4 Å². The van der Waals surface area contributed by atoms with Gasteiger partial charge in [0.25, 0.3) is 0 Å². The molecule has 0 saturated heterocycles. The normalized spacial score (nSPS) is 14.0. The van der Waals surface area contributed by atoms with Crippen LogP contribution in [-0.2, 0) is 9.53 Å². The molecule has 21 heavy (non-hydrogen) atoms. The lowest BCUT2D eigenvalue weighted by Gasteiger charge is -2.30. The molecule has 1 aromatic rings. The highest BCUT2D eigenvalue weighted by Gasteiger charge is 2.33. The van der Waals surface area contributed by atoms with Crippen molar-refractivity contribution in [1.82, 2.24) is 10.3 Å². The Morgan fingerprint density at radius 1 is 1.52 bits per heavy atom. The second-order valence-corrected chi connectivity index (χ2v) is 6.94. The predicted octanol–water partition coefficient (Wildman–Crippen LogP) is 3.54. The van der Waals surface area contributed by atoms with Gasteiger partial charge in [-0.3, -0.25) is 10.1 Å². The molecule has 0 aliphatic rings. The Morgan fingerprint density at radius 3 is 2.76 bits per heavy atom. The third-order valence-corrected chi connectivity index (χ3v) is 4.27. The molecule has 4 nitrogen and oxygen atoms in total. The summed E-state index contributed by atoms with van der Waals surface area (Å²) in [5.41, 5.74) is -0.642. The first-order valence-corrected chi connectivity index (χ1v) is 8.34. The van der Waals surface area contributed by atoms with Crippen LogP contribution in [0.1, 0.15) is 33.6 Å². The van der Waals surface area contributed by atoms with Gasteiger partial charge < -0.3 is 4.74 Å². The van der Waals surface area contributed by atoms with Gasteiger partial charge in [-0.25, -0.2) is 4.98 Å². The van der Waals surface area contributed by atoms with Crippen LogP contribution in [0.15, 0.2) is 23.4 Å². The fourth-order valence-corrected chi connectivity index (χ4v) is 3.05. The molecule has 6 heteroatoms. The third kappa shape index (κ3) is 6.24. The molecule has 1 unspecified atom stereocenters. The van der Waals surface area contributed by atoms with Crippen LogP contribution in [0.2, 0.25) is 5.02 Å². The zero-order valence-corrected chi connectivity index (χ0v) is 14.6. The van der Waals surface area contributed by atoms with Crippen LogP contribution < -0.4 is 5.32 Å². The summed E-state index contributed by atoms with van der Waals surface area (Å²) in [5, 5.41) is 4.87. The van der Waals surface area contributed by atoms with Crippen molar-refractivity contribution >= 4 is 29.3 Å². The van der Waals surface area contributed by atoms with Crippen LogP contribution in [0.4, 0.5) is 0 Å². The van der Waals surface area contributed by atoms with E-state index in [0.717, 1.165) is 23.6 Å². The van der Waals surface area contributed by atoms with Crippen molar-refractivity contribution in [2.75, 3.05) is 12.9 Å². The molecule has 118 valence electrons. The largest absolute Gasteiger partial charge is 0.468 e. The number of nitrogens with zero attached hydrogens (tertiary/aromatic N) is 1. The lowest BCUT2D eigenvalue weighted by atomic mass is 9.95. The number of carbonyl (C=O) groups is 1. The monoisotopic (exact) mass is 330 g/mol. The van der Waals surface area contributed by atoms with E-state index in [1.54, 1.807) is 18.0 Å². The van der Waals surface area contributed by atoms with Crippen LogP contribution in [0.5, 0.6) is 0 Å². The van der Waals surface area contributed by atoms with Gasteiger partial charge in [0.2, 0.25) is 0 Å². The van der Waals surface area contributed by atoms with Gasteiger partial charge in [-0.2, -0.15) is 0 Å². The summed E-state index contributed by atoms with van der Waals surface area (Å²) in [5.74, 6) is 0.673. The molecule has 0 aliphatic carbocycles. The molecule has 0 aromatic carbocycles. The molecular weight excluding hydrogens is 308 g/mol. The quantitative estimate of drug-likeness (QED) is 0.449. The first kappa shape index (κ1) is 18.3. The summed E-state index contributed by atoms with van der Waals surface area (Å²) in [6, 6.07) is 3.95. The molecule has 1 rings (SSSR count). The van der Waals surface area contributed by atoms with Crippen LogP contribution >= 0.6 is 23.4 Å². The third-order valence-electron chi connectivity index (χ3n) is 3.01. The minimum atomic E-state index is -0.642. The Labute approximate surface area is 136 Å². The molecule has 1 atom stereocenters. The smallest absolute Gasteiger partial charge is 0.325 e. The second-order valence-electron chi connectivity index (χ2n) is 5.39. The predicted molar refractivity (Wildman–Crippen MR) is 87.9 cm³/mol. The van der Waals surface area contributed by atoms with Gasteiger partial charge in [-0.15, -0.1) is 11.8 Å². The summed E-state index contributed by atoms with van der Waals surface area (Å²) >= 11 is 7.46. The minimum Gasteiger partial charge on any atom is -0.468 e. The number of aromatic nitrogens is 1. The molecule has 0 radical (unpaired) electrons. The molecule has 0 bridgehead atoms. The average Bonchev–Trinajstić information content (AvgIpc) is 2.44. The van der Waals surface area contributed by atoms with E-state index in [0.29, 0.717) is 5.02 Å². The average molecular weight is 331 g/mol. The molecule has 0 fully saturated rings. The summed E-state index contributed by atoms with van der Waals surface area (Å²) in [6.07, 6.45) is 3.25. The van der Waals surface area contributed by atoms with Gasteiger partial charge in [0.05, 0.1) is 17.2 Å². The Kier molecular flexibility index (Phi) is 7.49. The van der Waals surface area contributed by atoms with Gasteiger partial charge in [0, 0.05) is 12.2 Å². The first-order chi connectivity index (χ1) is 9.87. The molecule has 1 aromatic heterocycles. The van der Waals surface area contributed by atoms with Gasteiger partial charge >= 0.3 is 5.97 Å². The number of hydrogen-bond acceptors (Lipinski definition) is 5. The van der Waals surface area contributed by atoms with Crippen molar-refractivity contribution in [1.29, 1.82) is 0 Å². The van der Waals surface area contributed by atoms with Gasteiger partial charge in [-0.1, -0.05) is 11.6 Å². The van der Waals surface area contributed by atoms with E-state index in [9.17, 15) is 4.79 Å². The Hall–Kier alpha value is -0.780. The van der Waals surface area contributed by atoms with Crippen molar-refractivity contribution < 1.29 is 9.53 Å². The Balaban J connectivity index is 2.46. The number of halogens is 1. The maximum atomic E-state index is 12.0. The topological polar surface area (TPSA) is 51.2 Å². The molecule has 0 saturated carbocycles. The number of nitrogens with one attached hydrogen (secondary N) is 1. The maximum Gasteiger partial charge on any atom is 0.325 e. The van der Waals surface area contributed by atoms with E-state index in [1.165, 1.54) is 7.11 Å². The number of thioether (sulfide) groups is 1. The summed E-state index contributed by atoms with van der Waals surface area (Å²) in [4.78, 5) is 16.2. The van der Waals surface area contributed by atoms with Crippen molar-refractivity contribution in [3.8, 4) is 0 Å². The zero-order valence-electron chi connectivity index (χ0n) is 13.0. The SMILES string of the molecule is COC(=O)C(C)(CCCSc1ccc(Cl)cn1)NC(C)C. The molecule has 0 amide bonds. The number of hydrogen-bond donors (Lipinski definition) is 1. The Bertz CT molecular complexity index is 453. The minimum absolute atomic E-state index is 0.217. The van der Waals surface area contributed by atoms with Gasteiger partial charge in [0.15, 0.2) is 0 Å². The van der Waals surface area contributed by atoms with E-state index in [1.807, 2.05) is 32.9 Å². The highest BCUT2D eigenvalue weighted by atomic mass is 35.5. The van der Waals surface area contributed by atoms with Crippen LogP contribution in [0.3, 0.4) is 0 Å². The summed E-state index contributed by atoms with van der Waals surface area (Å²) < 4.78 is 4.91. The van der Waals surface area contributed by atoms with E-state index >= 15 is 0 Å². The van der Waals surface area contributed by atoms with E-state index in [2.05, 4.69) is 10.3 Å². The molecule has 1 heterocycles. The fraction of sp³-hybridized carbons (Fsp3) is 0.600. The Morgan fingerprint density at radius 2 is 2.24 bits per heavy atom. The second kappa shape index (κ2) is 8.61. The van der Waals surface area contributed by atoms with Crippen LogP contribution in [0, 0.1) is 0 Å². The number of ether oxygens (including phenoxy) is 1. The summed E-state index contributed by atoms with van der Waals surface area (Å²) in [6.45, 7) is 5.94. The molecule has 0 aliphatic heterocycles. The highest BCUT2D eigenvalue weighted by molar-refractivity contribution is 7.99. The number of pyridine rings is 1. The number of rotatable bonds is 8. The standard InChI is InChI=1S/C15H23ClN2O2S/c1-11(2)18-15(3,14(19)20-4)8-5-9-21-13-7-6-12(16)10-17-13/h6-7,10-11,18H,5,8-9H2,1-4H3. The molecular formula is C15H23ClN2O2S. The van der Waals surface area contributed by atoms with Gasteiger partial charge in [-0.05, 0) is 51.5 Å². The zero-order chi connectivity index (χ0) is 15.9. The number of esters is 1. The van der Waals surface area contributed by atoms with Crippen molar-refractivity contribution in [3.63, 3.8) is 0 Å². The van der Waals surface area contributed by atoms with Crippen molar-refractivity contribution in [2.24, 2.45) is 0 Å². The molecule has 0 spiro atoms. The number of carbonyl (C=O) groups excluding carboxylic acids is 1. The van der Waals surface area contributed by atoms with Crippen molar-refractivity contribution in [3.05, 3.63) is 23.4 Å². The molecule has 1 N–H and O–H groups in total. The van der Waals surface area contributed by atoms with Crippen molar-refractivity contribution in [2.45, 2.75) is 50.2 Å². The van der Waals surface area contributed by atoms with E-state index < -0.39 is 5.54 Å².